The molecule has 1 aliphatic heterocycles. The third-order valence-corrected chi connectivity index (χ3v) is 4.99. The Kier molecular flexibility index (Phi) is 3.86. The second-order valence-corrected chi connectivity index (χ2v) is 6.83. The lowest BCUT2D eigenvalue weighted by molar-refractivity contribution is 0.0925. The van der Waals surface area contributed by atoms with Crippen molar-refractivity contribution >= 4 is 11.0 Å². The smallest absolute Gasteiger partial charge is 0.0959 e. The van der Waals surface area contributed by atoms with Gasteiger partial charge in [0.1, 0.15) is 0 Å². The standard InChI is InChI=1S/C18H23N5O/c1-12-5-17-18(6-13(12)2)23(11-19-17)10-15(24)9-22-4-3-16-14(8-22)7-20-21-16/h5-7,11,15,24H,3-4,8-10H2,1-2H3,(H,20,21). The first-order valence-electron chi connectivity index (χ1n) is 8.44. The molecule has 1 aromatic carbocycles. The van der Waals surface area contributed by atoms with Gasteiger partial charge in [-0.15, -0.1) is 0 Å². The monoisotopic (exact) mass is 325 g/mol. The van der Waals surface area contributed by atoms with Crippen LogP contribution in [0.3, 0.4) is 0 Å². The van der Waals surface area contributed by atoms with Crippen molar-refractivity contribution in [3.05, 3.63) is 47.0 Å². The molecule has 126 valence electrons. The maximum atomic E-state index is 10.5. The Morgan fingerprint density at radius 1 is 1.25 bits per heavy atom. The molecule has 24 heavy (non-hydrogen) atoms. The summed E-state index contributed by atoms with van der Waals surface area (Å²) in [6.07, 6.45) is 4.27. The molecule has 1 aliphatic rings. The van der Waals surface area contributed by atoms with Crippen molar-refractivity contribution in [2.45, 2.75) is 39.5 Å². The summed E-state index contributed by atoms with van der Waals surface area (Å²) >= 11 is 0. The number of aromatic amines is 1. The molecule has 0 radical (unpaired) electrons. The number of fused-ring (bicyclic) bond motifs is 2. The van der Waals surface area contributed by atoms with E-state index in [-0.39, 0.29) is 0 Å². The Labute approximate surface area is 141 Å². The van der Waals surface area contributed by atoms with Crippen LogP contribution < -0.4 is 0 Å². The second kappa shape index (κ2) is 6.03. The summed E-state index contributed by atoms with van der Waals surface area (Å²) in [5.74, 6) is 0. The van der Waals surface area contributed by atoms with Crippen LogP contribution in [0.2, 0.25) is 0 Å². The molecule has 3 heterocycles. The van der Waals surface area contributed by atoms with Crippen molar-refractivity contribution in [2.75, 3.05) is 13.1 Å². The van der Waals surface area contributed by atoms with Gasteiger partial charge in [0.25, 0.3) is 0 Å². The number of aliphatic hydroxyl groups excluding tert-OH is 1. The van der Waals surface area contributed by atoms with E-state index in [4.69, 9.17) is 0 Å². The van der Waals surface area contributed by atoms with Crippen LogP contribution in [-0.2, 0) is 19.5 Å². The summed E-state index contributed by atoms with van der Waals surface area (Å²) in [4.78, 5) is 6.76. The number of nitrogens with zero attached hydrogens (tertiary/aromatic N) is 4. The van der Waals surface area contributed by atoms with E-state index in [1.807, 2.05) is 12.5 Å². The lowest BCUT2D eigenvalue weighted by Gasteiger charge is -2.28. The zero-order valence-electron chi connectivity index (χ0n) is 14.2. The van der Waals surface area contributed by atoms with Crippen LogP contribution >= 0.6 is 0 Å². The van der Waals surface area contributed by atoms with Crippen LogP contribution in [0.4, 0.5) is 0 Å². The van der Waals surface area contributed by atoms with E-state index in [1.165, 1.54) is 22.4 Å². The average molecular weight is 325 g/mol. The molecule has 0 amide bonds. The number of H-pyrrole nitrogens is 1. The summed E-state index contributed by atoms with van der Waals surface area (Å²) in [6.45, 7) is 7.24. The number of hydrogen-bond acceptors (Lipinski definition) is 4. The highest BCUT2D eigenvalue weighted by atomic mass is 16.3. The van der Waals surface area contributed by atoms with Crippen molar-refractivity contribution in [1.29, 1.82) is 0 Å². The average Bonchev–Trinajstić information content (AvgIpc) is 3.15. The predicted molar refractivity (Wildman–Crippen MR) is 92.8 cm³/mol. The zero-order valence-corrected chi connectivity index (χ0v) is 14.2. The number of hydrogen-bond donors (Lipinski definition) is 2. The lowest BCUT2D eigenvalue weighted by Crippen LogP contribution is -2.38. The van der Waals surface area contributed by atoms with Crippen LogP contribution in [0.1, 0.15) is 22.4 Å². The van der Waals surface area contributed by atoms with Gasteiger partial charge in [0.05, 0.1) is 36.2 Å². The highest BCUT2D eigenvalue weighted by molar-refractivity contribution is 5.77. The maximum Gasteiger partial charge on any atom is 0.0959 e. The molecule has 0 bridgehead atoms. The van der Waals surface area contributed by atoms with Crippen LogP contribution in [0.25, 0.3) is 11.0 Å². The second-order valence-electron chi connectivity index (χ2n) is 6.83. The first kappa shape index (κ1) is 15.4. The van der Waals surface area contributed by atoms with Crippen LogP contribution in [0.15, 0.2) is 24.7 Å². The zero-order chi connectivity index (χ0) is 16.7. The molecular weight excluding hydrogens is 302 g/mol. The number of benzene rings is 1. The van der Waals surface area contributed by atoms with E-state index in [1.54, 1.807) is 0 Å². The van der Waals surface area contributed by atoms with Crippen LogP contribution in [0, 0.1) is 13.8 Å². The number of nitrogens with one attached hydrogen (secondary N) is 1. The van der Waals surface area contributed by atoms with Crippen molar-refractivity contribution in [3.63, 3.8) is 0 Å². The van der Waals surface area contributed by atoms with Gasteiger partial charge in [-0.1, -0.05) is 0 Å². The Morgan fingerprint density at radius 3 is 2.96 bits per heavy atom. The number of β-amino-alcohol motifs (C(OH)–C–C–N with tert-alkyl or cyclic N) is 1. The summed E-state index contributed by atoms with van der Waals surface area (Å²) in [7, 11) is 0. The van der Waals surface area contributed by atoms with E-state index in [2.05, 4.69) is 50.6 Å². The third-order valence-electron chi connectivity index (χ3n) is 4.99. The Bertz CT molecular complexity index is 866. The molecule has 0 spiro atoms. The van der Waals surface area contributed by atoms with E-state index in [0.717, 1.165) is 30.5 Å². The minimum absolute atomic E-state index is 0.419. The van der Waals surface area contributed by atoms with Gasteiger partial charge in [0.2, 0.25) is 0 Å². The first-order valence-corrected chi connectivity index (χ1v) is 8.44. The van der Waals surface area contributed by atoms with Gasteiger partial charge in [-0.25, -0.2) is 4.98 Å². The Morgan fingerprint density at radius 2 is 2.08 bits per heavy atom. The molecule has 0 aliphatic carbocycles. The SMILES string of the molecule is Cc1cc2ncn(CC(O)CN3CCc4[nH]ncc4C3)c2cc1C. The number of imidazole rings is 1. The maximum absolute atomic E-state index is 10.5. The highest BCUT2D eigenvalue weighted by Gasteiger charge is 2.20. The van der Waals surface area contributed by atoms with Gasteiger partial charge in [-0.3, -0.25) is 10.00 Å². The summed E-state index contributed by atoms with van der Waals surface area (Å²) in [5, 5.41) is 17.7. The van der Waals surface area contributed by atoms with Gasteiger partial charge in [0.15, 0.2) is 0 Å². The van der Waals surface area contributed by atoms with Crippen molar-refractivity contribution in [2.24, 2.45) is 0 Å². The molecule has 0 saturated carbocycles. The molecule has 0 saturated heterocycles. The minimum atomic E-state index is -0.419. The Hall–Kier alpha value is -2.18. The van der Waals surface area contributed by atoms with Gasteiger partial charge >= 0.3 is 0 Å². The van der Waals surface area contributed by atoms with E-state index in [0.29, 0.717) is 13.1 Å². The normalized spacial score (nSPS) is 16.5. The molecule has 2 N–H and O–H groups in total. The van der Waals surface area contributed by atoms with E-state index < -0.39 is 6.10 Å². The van der Waals surface area contributed by atoms with E-state index >= 15 is 0 Å². The fourth-order valence-electron chi connectivity index (χ4n) is 3.48. The molecule has 4 rings (SSSR count). The fourth-order valence-corrected chi connectivity index (χ4v) is 3.48. The number of aliphatic hydroxyl groups is 1. The molecular formula is C18H23N5O. The van der Waals surface area contributed by atoms with Crippen LogP contribution in [-0.4, -0.2) is 48.9 Å². The van der Waals surface area contributed by atoms with E-state index in [9.17, 15) is 5.11 Å². The summed E-state index contributed by atoms with van der Waals surface area (Å²) < 4.78 is 2.06. The molecule has 0 fully saturated rings. The van der Waals surface area contributed by atoms with Crippen molar-refractivity contribution < 1.29 is 5.11 Å². The molecule has 6 heteroatoms. The fraction of sp³-hybridized carbons (Fsp3) is 0.444. The van der Waals surface area contributed by atoms with Gasteiger partial charge in [-0.05, 0) is 37.1 Å². The minimum Gasteiger partial charge on any atom is -0.390 e. The molecule has 1 atom stereocenters. The number of aryl methyl sites for hydroxylation is 2. The number of rotatable bonds is 4. The van der Waals surface area contributed by atoms with Gasteiger partial charge in [-0.2, -0.15) is 5.10 Å². The topological polar surface area (TPSA) is 70.0 Å². The number of aromatic nitrogens is 4. The molecule has 1 unspecified atom stereocenters. The Balaban J connectivity index is 1.45. The van der Waals surface area contributed by atoms with Crippen LogP contribution in [0.5, 0.6) is 0 Å². The quantitative estimate of drug-likeness (QED) is 0.767. The molecule has 2 aromatic heterocycles. The van der Waals surface area contributed by atoms with Gasteiger partial charge < -0.3 is 9.67 Å². The third kappa shape index (κ3) is 2.83. The van der Waals surface area contributed by atoms with Crippen molar-refractivity contribution in [3.8, 4) is 0 Å². The highest BCUT2D eigenvalue weighted by Crippen LogP contribution is 2.20. The first-order chi connectivity index (χ1) is 11.6. The van der Waals surface area contributed by atoms with Crippen molar-refractivity contribution in [1.82, 2.24) is 24.6 Å². The lowest BCUT2D eigenvalue weighted by atomic mass is 10.1. The summed E-state index contributed by atoms with van der Waals surface area (Å²) in [6, 6.07) is 4.27. The predicted octanol–water partition coefficient (Wildman–Crippen LogP) is 1.80. The molecule has 6 nitrogen and oxygen atoms in total. The van der Waals surface area contributed by atoms with Gasteiger partial charge in [0, 0.05) is 37.3 Å². The summed E-state index contributed by atoms with van der Waals surface area (Å²) in [5.41, 5.74) is 7.05. The molecule has 3 aromatic rings. The largest absolute Gasteiger partial charge is 0.390 e.